The summed E-state index contributed by atoms with van der Waals surface area (Å²) >= 11 is 0. The SMILES string of the molecule is CCCCOC[C@H]1CCC(=O)[C@@H]1CCc1cccc2c1CCC2O. The van der Waals surface area contributed by atoms with Crippen molar-refractivity contribution < 1.29 is 14.6 Å². The van der Waals surface area contributed by atoms with E-state index in [-0.39, 0.29) is 12.0 Å². The van der Waals surface area contributed by atoms with Crippen LogP contribution in [0.3, 0.4) is 0 Å². The summed E-state index contributed by atoms with van der Waals surface area (Å²) < 4.78 is 5.79. The van der Waals surface area contributed by atoms with Gasteiger partial charge in [-0.3, -0.25) is 4.79 Å². The van der Waals surface area contributed by atoms with Crippen LogP contribution < -0.4 is 0 Å². The molecule has 0 bridgehead atoms. The molecule has 0 spiro atoms. The molecule has 1 saturated carbocycles. The van der Waals surface area contributed by atoms with Gasteiger partial charge >= 0.3 is 0 Å². The highest BCUT2D eigenvalue weighted by Crippen LogP contribution is 2.36. The molecule has 2 aliphatic carbocycles. The van der Waals surface area contributed by atoms with Gasteiger partial charge in [-0.2, -0.15) is 0 Å². The molecule has 24 heavy (non-hydrogen) atoms. The fraction of sp³-hybridized carbons (Fsp3) is 0.667. The standard InChI is InChI=1S/C21H30O3/c1-2-3-13-24-14-16-8-11-20(22)18(16)9-7-15-5-4-6-19-17(15)10-12-21(19)23/h4-6,16,18,21,23H,2-3,7-14H2,1H3/t16-,18-,21?/m1/s1. The predicted octanol–water partition coefficient (Wildman–Crippen LogP) is 4.01. The number of fused-ring (bicyclic) bond motifs is 1. The number of aliphatic hydroxyl groups excluding tert-OH is 1. The second-order valence-electron chi connectivity index (χ2n) is 7.38. The van der Waals surface area contributed by atoms with E-state index in [0.29, 0.717) is 11.7 Å². The number of carbonyl (C=O) groups excluding carboxylic acids is 1. The molecule has 0 aromatic heterocycles. The minimum absolute atomic E-state index is 0.161. The normalized spacial score (nSPS) is 26.1. The zero-order chi connectivity index (χ0) is 16.9. The van der Waals surface area contributed by atoms with Crippen LogP contribution in [0.5, 0.6) is 0 Å². The Morgan fingerprint density at radius 2 is 2.12 bits per heavy atom. The van der Waals surface area contributed by atoms with Crippen LogP contribution in [0.1, 0.15) is 68.2 Å². The maximum absolute atomic E-state index is 12.3. The second-order valence-corrected chi connectivity index (χ2v) is 7.38. The van der Waals surface area contributed by atoms with Gasteiger partial charge in [0, 0.05) is 18.9 Å². The molecule has 1 N–H and O–H groups in total. The van der Waals surface area contributed by atoms with Gasteiger partial charge < -0.3 is 9.84 Å². The third-order valence-corrected chi connectivity index (χ3v) is 5.78. The summed E-state index contributed by atoms with van der Waals surface area (Å²) in [6.45, 7) is 3.72. The lowest BCUT2D eigenvalue weighted by Gasteiger charge is -2.19. The maximum atomic E-state index is 12.3. The minimum atomic E-state index is -0.298. The van der Waals surface area contributed by atoms with Gasteiger partial charge in [-0.25, -0.2) is 0 Å². The molecule has 3 rings (SSSR count). The van der Waals surface area contributed by atoms with E-state index in [9.17, 15) is 9.90 Å². The average Bonchev–Trinajstić information content (AvgIpc) is 3.14. The Kier molecular flexibility index (Phi) is 6.07. The summed E-state index contributed by atoms with van der Waals surface area (Å²) in [7, 11) is 0. The molecule has 132 valence electrons. The Labute approximate surface area is 145 Å². The molecule has 3 nitrogen and oxygen atoms in total. The van der Waals surface area contributed by atoms with Crippen molar-refractivity contribution in [1.29, 1.82) is 0 Å². The van der Waals surface area contributed by atoms with Gasteiger partial charge in [0.25, 0.3) is 0 Å². The van der Waals surface area contributed by atoms with Gasteiger partial charge in [0.2, 0.25) is 0 Å². The molecule has 0 saturated heterocycles. The van der Waals surface area contributed by atoms with Crippen LogP contribution in [-0.4, -0.2) is 24.1 Å². The number of carbonyl (C=O) groups is 1. The lowest BCUT2D eigenvalue weighted by molar-refractivity contribution is -0.121. The van der Waals surface area contributed by atoms with Gasteiger partial charge in [0.1, 0.15) is 5.78 Å². The van der Waals surface area contributed by atoms with Crippen LogP contribution in [-0.2, 0) is 22.4 Å². The number of aliphatic hydroxyl groups is 1. The highest BCUT2D eigenvalue weighted by Gasteiger charge is 2.34. The van der Waals surface area contributed by atoms with Gasteiger partial charge in [0.15, 0.2) is 0 Å². The van der Waals surface area contributed by atoms with Crippen LogP contribution in [0, 0.1) is 11.8 Å². The number of ether oxygens (including phenoxy) is 1. The van der Waals surface area contributed by atoms with Crippen LogP contribution in [0.4, 0.5) is 0 Å². The van der Waals surface area contributed by atoms with Gasteiger partial charge in [-0.05, 0) is 61.1 Å². The zero-order valence-electron chi connectivity index (χ0n) is 14.8. The highest BCUT2D eigenvalue weighted by molar-refractivity contribution is 5.83. The fourth-order valence-corrected chi connectivity index (χ4v) is 4.31. The molecule has 1 aromatic rings. The van der Waals surface area contributed by atoms with Crippen molar-refractivity contribution >= 4 is 5.78 Å². The Hall–Kier alpha value is -1.19. The molecule has 0 aliphatic heterocycles. The largest absolute Gasteiger partial charge is 0.388 e. The van der Waals surface area contributed by atoms with Crippen LogP contribution in [0.15, 0.2) is 18.2 Å². The molecule has 2 aliphatic rings. The number of hydrogen-bond acceptors (Lipinski definition) is 3. The molecule has 3 heteroatoms. The van der Waals surface area contributed by atoms with E-state index >= 15 is 0 Å². The van der Waals surface area contributed by atoms with Crippen molar-refractivity contribution in [1.82, 2.24) is 0 Å². The van der Waals surface area contributed by atoms with E-state index in [1.807, 2.05) is 12.1 Å². The molecule has 0 radical (unpaired) electrons. The van der Waals surface area contributed by atoms with Crippen molar-refractivity contribution in [2.24, 2.45) is 11.8 Å². The van der Waals surface area contributed by atoms with Crippen molar-refractivity contribution in [2.45, 2.75) is 64.4 Å². The second kappa shape index (κ2) is 8.26. The van der Waals surface area contributed by atoms with Gasteiger partial charge in [0.05, 0.1) is 12.7 Å². The first-order valence-electron chi connectivity index (χ1n) is 9.60. The number of unbranched alkanes of at least 4 members (excludes halogenated alkanes) is 1. The average molecular weight is 330 g/mol. The van der Waals surface area contributed by atoms with Crippen molar-refractivity contribution in [3.63, 3.8) is 0 Å². The van der Waals surface area contributed by atoms with E-state index in [2.05, 4.69) is 13.0 Å². The monoisotopic (exact) mass is 330 g/mol. The quantitative estimate of drug-likeness (QED) is 0.733. The zero-order valence-corrected chi connectivity index (χ0v) is 14.8. The lowest BCUT2D eigenvalue weighted by atomic mass is 9.88. The molecule has 1 aromatic carbocycles. The number of rotatable bonds is 8. The smallest absolute Gasteiger partial charge is 0.136 e. The summed E-state index contributed by atoms with van der Waals surface area (Å²) in [5.41, 5.74) is 3.75. The van der Waals surface area contributed by atoms with Crippen molar-refractivity contribution in [3.05, 3.63) is 34.9 Å². The van der Waals surface area contributed by atoms with E-state index in [1.54, 1.807) is 0 Å². The number of benzene rings is 1. The van der Waals surface area contributed by atoms with E-state index in [1.165, 1.54) is 11.1 Å². The summed E-state index contributed by atoms with van der Waals surface area (Å²) in [5, 5.41) is 10.0. The van der Waals surface area contributed by atoms with Crippen molar-refractivity contribution in [2.75, 3.05) is 13.2 Å². The molecule has 0 amide bonds. The fourth-order valence-electron chi connectivity index (χ4n) is 4.31. The third-order valence-electron chi connectivity index (χ3n) is 5.78. The topological polar surface area (TPSA) is 46.5 Å². The van der Waals surface area contributed by atoms with E-state index in [0.717, 1.165) is 70.1 Å². The number of aryl methyl sites for hydroxylation is 1. The Balaban J connectivity index is 1.58. The molecular weight excluding hydrogens is 300 g/mol. The first-order valence-corrected chi connectivity index (χ1v) is 9.60. The Morgan fingerprint density at radius 1 is 1.25 bits per heavy atom. The van der Waals surface area contributed by atoms with Crippen LogP contribution in [0.2, 0.25) is 0 Å². The summed E-state index contributed by atoms with van der Waals surface area (Å²) in [6, 6.07) is 6.26. The van der Waals surface area contributed by atoms with Gasteiger partial charge in [-0.1, -0.05) is 31.5 Å². The predicted molar refractivity (Wildman–Crippen MR) is 95.0 cm³/mol. The van der Waals surface area contributed by atoms with Crippen LogP contribution in [0.25, 0.3) is 0 Å². The highest BCUT2D eigenvalue weighted by atomic mass is 16.5. The summed E-state index contributed by atoms with van der Waals surface area (Å²) in [5.74, 6) is 0.984. The first kappa shape index (κ1) is 17.6. The Bertz CT molecular complexity index is 566. The summed E-state index contributed by atoms with van der Waals surface area (Å²) in [4.78, 5) is 12.3. The lowest BCUT2D eigenvalue weighted by Crippen LogP contribution is -2.20. The van der Waals surface area contributed by atoms with E-state index in [4.69, 9.17) is 4.74 Å². The van der Waals surface area contributed by atoms with E-state index < -0.39 is 0 Å². The molecule has 1 unspecified atom stereocenters. The number of hydrogen-bond donors (Lipinski definition) is 1. The van der Waals surface area contributed by atoms with Crippen molar-refractivity contribution in [3.8, 4) is 0 Å². The first-order chi connectivity index (χ1) is 11.7. The number of Topliss-reactive ketones (excluding diaryl/α,β-unsaturated/α-hetero) is 1. The molecule has 3 atom stereocenters. The molecular formula is C21H30O3. The summed E-state index contributed by atoms with van der Waals surface area (Å²) in [6.07, 6.45) is 7.33. The molecule has 1 fully saturated rings. The number of ketones is 1. The third kappa shape index (κ3) is 3.89. The van der Waals surface area contributed by atoms with Gasteiger partial charge in [-0.15, -0.1) is 0 Å². The molecule has 0 heterocycles. The Morgan fingerprint density at radius 3 is 2.96 bits per heavy atom. The maximum Gasteiger partial charge on any atom is 0.136 e. The minimum Gasteiger partial charge on any atom is -0.388 e. The van der Waals surface area contributed by atoms with Crippen LogP contribution >= 0.6 is 0 Å².